The van der Waals surface area contributed by atoms with Gasteiger partial charge in [0, 0.05) is 22.3 Å². The van der Waals surface area contributed by atoms with E-state index in [1.807, 2.05) is 36.4 Å². The first-order chi connectivity index (χ1) is 9.15. The normalized spacial score (nSPS) is 10.6. The Balaban J connectivity index is 1.79. The predicted molar refractivity (Wildman–Crippen MR) is 82.7 cm³/mol. The third kappa shape index (κ3) is 4.43. The van der Waals surface area contributed by atoms with Crippen molar-refractivity contribution in [2.75, 3.05) is 12.3 Å². The minimum absolute atomic E-state index is 0.697. The Hall–Kier alpha value is -1.22. The molecule has 4 heteroatoms. The van der Waals surface area contributed by atoms with Gasteiger partial charge in [0.1, 0.15) is 0 Å². The van der Waals surface area contributed by atoms with Crippen molar-refractivity contribution in [1.82, 2.24) is 5.32 Å². The van der Waals surface area contributed by atoms with Crippen molar-refractivity contribution < 1.29 is 0 Å². The highest BCUT2D eigenvalue weighted by Gasteiger charge is 2.00. The minimum Gasteiger partial charge on any atom is -0.399 e. The lowest BCUT2D eigenvalue weighted by atomic mass is 10.1. The Morgan fingerprint density at radius 3 is 2.42 bits per heavy atom. The summed E-state index contributed by atoms with van der Waals surface area (Å²) in [5, 5.41) is 4.87. The Kier molecular flexibility index (Phi) is 5.08. The molecule has 3 N–H and O–H groups in total. The number of hydrogen-bond acceptors (Lipinski definition) is 2. The van der Waals surface area contributed by atoms with Crippen LogP contribution in [0, 0.1) is 0 Å². The predicted octanol–water partition coefficient (Wildman–Crippen LogP) is 3.91. The maximum absolute atomic E-state index is 6.12. The lowest BCUT2D eigenvalue weighted by Crippen LogP contribution is -2.16. The van der Waals surface area contributed by atoms with E-state index in [-0.39, 0.29) is 0 Å². The number of halogens is 2. The maximum atomic E-state index is 6.12. The lowest BCUT2D eigenvalue weighted by Gasteiger charge is -2.07. The second kappa shape index (κ2) is 6.80. The number of nitrogen functional groups attached to an aromatic ring is 1. The van der Waals surface area contributed by atoms with Gasteiger partial charge < -0.3 is 11.1 Å². The first-order valence-electron chi connectivity index (χ1n) is 6.14. The van der Waals surface area contributed by atoms with Crippen LogP contribution in [0.15, 0.2) is 42.5 Å². The van der Waals surface area contributed by atoms with Gasteiger partial charge >= 0.3 is 0 Å². The quantitative estimate of drug-likeness (QED) is 0.648. The average Bonchev–Trinajstić information content (AvgIpc) is 2.39. The molecule has 19 heavy (non-hydrogen) atoms. The van der Waals surface area contributed by atoms with Gasteiger partial charge in [-0.25, -0.2) is 0 Å². The molecule has 2 rings (SSSR count). The summed E-state index contributed by atoms with van der Waals surface area (Å²) in [5.41, 5.74) is 8.68. The number of hydrogen-bond donors (Lipinski definition) is 2. The number of nitrogens with two attached hydrogens (primary N) is 1. The van der Waals surface area contributed by atoms with Gasteiger partial charge in [-0.1, -0.05) is 41.4 Å². The number of anilines is 1. The van der Waals surface area contributed by atoms with Gasteiger partial charge in [0.25, 0.3) is 0 Å². The Bertz CT molecular complexity index is 538. The molecule has 0 atom stereocenters. The molecule has 0 saturated carbocycles. The highest BCUT2D eigenvalue weighted by molar-refractivity contribution is 6.31. The third-order valence-corrected chi connectivity index (χ3v) is 3.49. The van der Waals surface area contributed by atoms with Crippen molar-refractivity contribution in [3.05, 3.63) is 63.6 Å². The molecule has 0 aliphatic rings. The molecule has 0 amide bonds. The molecule has 0 radical (unpaired) electrons. The molecule has 0 fully saturated rings. The molecule has 2 aromatic rings. The Morgan fingerprint density at radius 1 is 1.00 bits per heavy atom. The molecule has 0 saturated heterocycles. The summed E-state index contributed by atoms with van der Waals surface area (Å²) in [6.07, 6.45) is 0.882. The van der Waals surface area contributed by atoms with Crippen molar-refractivity contribution in [3.8, 4) is 0 Å². The van der Waals surface area contributed by atoms with E-state index >= 15 is 0 Å². The smallest absolute Gasteiger partial charge is 0.0458 e. The maximum Gasteiger partial charge on any atom is 0.0458 e. The number of rotatable bonds is 5. The van der Waals surface area contributed by atoms with Gasteiger partial charge in [-0.3, -0.25) is 0 Å². The van der Waals surface area contributed by atoms with Gasteiger partial charge in [0.2, 0.25) is 0 Å². The first-order valence-corrected chi connectivity index (χ1v) is 6.90. The fourth-order valence-corrected chi connectivity index (χ4v) is 2.23. The van der Waals surface area contributed by atoms with Crippen LogP contribution in [-0.4, -0.2) is 6.54 Å². The summed E-state index contributed by atoms with van der Waals surface area (Å²) in [7, 11) is 0. The SMILES string of the molecule is Nc1ccc(CCNCc2ccc(Cl)cc2)c(Cl)c1. The fourth-order valence-electron chi connectivity index (χ4n) is 1.82. The summed E-state index contributed by atoms with van der Waals surface area (Å²) < 4.78 is 0. The Morgan fingerprint density at radius 2 is 1.74 bits per heavy atom. The van der Waals surface area contributed by atoms with Crippen LogP contribution in [0.25, 0.3) is 0 Å². The highest BCUT2D eigenvalue weighted by atomic mass is 35.5. The summed E-state index contributed by atoms with van der Waals surface area (Å²) in [4.78, 5) is 0. The van der Waals surface area contributed by atoms with E-state index in [0.29, 0.717) is 5.69 Å². The van der Waals surface area contributed by atoms with Crippen LogP contribution in [-0.2, 0) is 13.0 Å². The topological polar surface area (TPSA) is 38.0 Å². The van der Waals surface area contributed by atoms with Gasteiger partial charge in [-0.15, -0.1) is 0 Å². The summed E-state index contributed by atoms with van der Waals surface area (Å²) in [6.45, 7) is 1.69. The summed E-state index contributed by atoms with van der Waals surface area (Å²) in [5.74, 6) is 0. The van der Waals surface area contributed by atoms with Crippen LogP contribution in [0.4, 0.5) is 5.69 Å². The molecule has 0 aromatic heterocycles. The van der Waals surface area contributed by atoms with Crippen molar-refractivity contribution >= 4 is 28.9 Å². The van der Waals surface area contributed by atoms with Crippen molar-refractivity contribution in [1.29, 1.82) is 0 Å². The Labute approximate surface area is 123 Å². The fraction of sp³-hybridized carbons (Fsp3) is 0.200. The standard InChI is InChI=1S/C15H16Cl2N2/c16-13-4-1-11(2-5-13)10-19-8-7-12-3-6-14(18)9-15(12)17/h1-6,9,19H,7-8,10,18H2. The molecule has 0 heterocycles. The zero-order valence-corrected chi connectivity index (χ0v) is 12.0. The van der Waals surface area contributed by atoms with E-state index < -0.39 is 0 Å². The van der Waals surface area contributed by atoms with Crippen LogP contribution in [0.1, 0.15) is 11.1 Å². The zero-order chi connectivity index (χ0) is 13.7. The van der Waals surface area contributed by atoms with E-state index in [4.69, 9.17) is 28.9 Å². The van der Waals surface area contributed by atoms with Gasteiger partial charge in [-0.2, -0.15) is 0 Å². The van der Waals surface area contributed by atoms with Gasteiger partial charge in [0.05, 0.1) is 0 Å². The average molecular weight is 295 g/mol. The van der Waals surface area contributed by atoms with E-state index in [9.17, 15) is 0 Å². The molecule has 2 aromatic carbocycles. The van der Waals surface area contributed by atoms with Crippen molar-refractivity contribution in [2.45, 2.75) is 13.0 Å². The van der Waals surface area contributed by atoms with Crippen LogP contribution in [0.5, 0.6) is 0 Å². The molecule has 0 aliphatic carbocycles. The van der Waals surface area contributed by atoms with Crippen molar-refractivity contribution in [3.63, 3.8) is 0 Å². The summed E-state index contributed by atoms with van der Waals surface area (Å²) in [6, 6.07) is 13.5. The molecule has 0 bridgehead atoms. The van der Waals surface area contributed by atoms with Crippen molar-refractivity contribution in [2.24, 2.45) is 0 Å². The minimum atomic E-state index is 0.697. The molecular formula is C15H16Cl2N2. The molecular weight excluding hydrogens is 279 g/mol. The molecule has 0 spiro atoms. The molecule has 2 nitrogen and oxygen atoms in total. The second-order valence-electron chi connectivity index (χ2n) is 4.40. The summed E-state index contributed by atoms with van der Waals surface area (Å²) >= 11 is 12.0. The zero-order valence-electron chi connectivity index (χ0n) is 10.5. The first kappa shape index (κ1) is 14.2. The largest absolute Gasteiger partial charge is 0.399 e. The molecule has 0 unspecified atom stereocenters. The number of benzene rings is 2. The van der Waals surface area contributed by atoms with Crippen LogP contribution in [0.3, 0.4) is 0 Å². The van der Waals surface area contributed by atoms with E-state index in [0.717, 1.165) is 35.1 Å². The van der Waals surface area contributed by atoms with Crippen LogP contribution < -0.4 is 11.1 Å². The van der Waals surface area contributed by atoms with E-state index in [1.54, 1.807) is 6.07 Å². The highest BCUT2D eigenvalue weighted by Crippen LogP contribution is 2.19. The van der Waals surface area contributed by atoms with E-state index in [1.165, 1.54) is 5.56 Å². The van der Waals surface area contributed by atoms with Gasteiger partial charge in [0.15, 0.2) is 0 Å². The third-order valence-electron chi connectivity index (χ3n) is 2.89. The molecule has 100 valence electrons. The van der Waals surface area contributed by atoms with Gasteiger partial charge in [-0.05, 0) is 48.4 Å². The lowest BCUT2D eigenvalue weighted by molar-refractivity contribution is 0.687. The van der Waals surface area contributed by atoms with Crippen LogP contribution in [0.2, 0.25) is 10.0 Å². The molecule has 0 aliphatic heterocycles. The van der Waals surface area contributed by atoms with E-state index in [2.05, 4.69) is 5.32 Å². The number of nitrogens with one attached hydrogen (secondary N) is 1. The monoisotopic (exact) mass is 294 g/mol. The second-order valence-corrected chi connectivity index (χ2v) is 5.25. The van der Waals surface area contributed by atoms with Crippen LogP contribution >= 0.6 is 23.2 Å².